The maximum absolute atomic E-state index is 3.56. The molecule has 1 aliphatic rings. The lowest BCUT2D eigenvalue weighted by Crippen LogP contribution is -2.56. The summed E-state index contributed by atoms with van der Waals surface area (Å²) < 4.78 is 0. The van der Waals surface area contributed by atoms with Crippen molar-refractivity contribution in [2.75, 3.05) is 0 Å². The Morgan fingerprint density at radius 2 is 2.50 bits per heavy atom. The molecule has 0 spiro atoms. The van der Waals surface area contributed by atoms with Crippen molar-refractivity contribution in [1.82, 2.24) is 10.6 Å². The fourth-order valence-corrected chi connectivity index (χ4v) is 0.931. The monoisotopic (exact) mass is 112 g/mol. The van der Waals surface area contributed by atoms with E-state index in [0.717, 1.165) is 0 Å². The molecule has 0 saturated carbocycles. The third-order valence-electron chi connectivity index (χ3n) is 1.39. The summed E-state index contributed by atoms with van der Waals surface area (Å²) in [5, 5.41) is 6.33. The van der Waals surface area contributed by atoms with Gasteiger partial charge in [0.15, 0.2) is 0 Å². The van der Waals surface area contributed by atoms with Crippen molar-refractivity contribution < 1.29 is 0 Å². The predicted molar refractivity (Wildman–Crippen MR) is 34.3 cm³/mol. The molecule has 2 N–H and O–H groups in total. The van der Waals surface area contributed by atoms with E-state index < -0.39 is 0 Å². The molecule has 1 aliphatic heterocycles. The zero-order valence-electron chi connectivity index (χ0n) is 5.15. The average Bonchev–Trinajstić information content (AvgIpc) is 1.64. The molecule has 0 aliphatic carbocycles. The van der Waals surface area contributed by atoms with Crippen molar-refractivity contribution in [3.8, 4) is 0 Å². The van der Waals surface area contributed by atoms with Crippen LogP contribution in [0, 0.1) is 0 Å². The van der Waals surface area contributed by atoms with Crippen molar-refractivity contribution >= 4 is 0 Å². The van der Waals surface area contributed by atoms with E-state index in [4.69, 9.17) is 0 Å². The van der Waals surface area contributed by atoms with E-state index >= 15 is 0 Å². The Bertz CT molecular complexity index is 84.5. The largest absolute Gasteiger partial charge is 0.376 e. The van der Waals surface area contributed by atoms with Crippen LogP contribution in [0.3, 0.4) is 0 Å². The zero-order chi connectivity index (χ0) is 5.98. The van der Waals surface area contributed by atoms with Crippen molar-refractivity contribution in [3.63, 3.8) is 0 Å². The van der Waals surface area contributed by atoms with E-state index in [2.05, 4.69) is 24.1 Å². The summed E-state index contributed by atoms with van der Waals surface area (Å²) in [6.07, 6.45) is 3.43. The average molecular weight is 112 g/mol. The summed E-state index contributed by atoms with van der Waals surface area (Å²) in [7, 11) is 0. The van der Waals surface area contributed by atoms with Gasteiger partial charge in [-0.2, -0.15) is 0 Å². The molecule has 0 aromatic carbocycles. The van der Waals surface area contributed by atoms with Crippen molar-refractivity contribution in [2.24, 2.45) is 0 Å². The molecule has 46 valence electrons. The van der Waals surface area contributed by atoms with Gasteiger partial charge in [0.1, 0.15) is 0 Å². The molecular formula is C6H12N2. The highest BCUT2D eigenvalue weighted by Gasteiger charge is 2.21. The minimum Gasteiger partial charge on any atom is -0.376 e. The number of hydrogen-bond acceptors (Lipinski definition) is 2. The molecule has 1 saturated heterocycles. The van der Waals surface area contributed by atoms with Crippen molar-refractivity contribution in [3.05, 3.63) is 12.8 Å². The number of hydrogen-bond donors (Lipinski definition) is 2. The van der Waals surface area contributed by atoms with Gasteiger partial charge in [0, 0.05) is 6.04 Å². The second-order valence-corrected chi connectivity index (χ2v) is 2.23. The summed E-state index contributed by atoms with van der Waals surface area (Å²) in [4.78, 5) is 0. The highest BCUT2D eigenvalue weighted by Crippen LogP contribution is 2.06. The molecule has 1 unspecified atom stereocenters. The second-order valence-electron chi connectivity index (χ2n) is 2.23. The first-order valence-electron chi connectivity index (χ1n) is 2.96. The summed E-state index contributed by atoms with van der Waals surface area (Å²) in [6, 6.07) is 0.687. The lowest BCUT2D eigenvalue weighted by atomic mass is 10.1. The molecule has 0 bridgehead atoms. The normalized spacial score (nSPS) is 35.6. The molecular weight excluding hydrogens is 100 g/mol. The van der Waals surface area contributed by atoms with Crippen LogP contribution in [0.1, 0.15) is 13.3 Å². The topological polar surface area (TPSA) is 24.1 Å². The van der Waals surface area contributed by atoms with Gasteiger partial charge in [-0.15, -0.1) is 0 Å². The molecule has 0 radical (unpaired) electrons. The Labute approximate surface area is 50.0 Å². The smallest absolute Gasteiger partial charge is 0.0779 e. The van der Waals surface area contributed by atoms with Crippen LogP contribution < -0.4 is 10.6 Å². The van der Waals surface area contributed by atoms with Crippen LogP contribution in [0.2, 0.25) is 0 Å². The standard InChI is InChI=1S/C6H12N2/c1-3-7-6-4-5(2)8-6/h3,5-8H,1,4H2,2H3/t5-,6?/m1/s1. The van der Waals surface area contributed by atoms with Crippen LogP contribution in [-0.4, -0.2) is 12.2 Å². The van der Waals surface area contributed by atoms with Gasteiger partial charge < -0.3 is 5.32 Å². The van der Waals surface area contributed by atoms with Crippen molar-refractivity contribution in [2.45, 2.75) is 25.6 Å². The van der Waals surface area contributed by atoms with Crippen LogP contribution in [0.15, 0.2) is 12.8 Å². The molecule has 2 atom stereocenters. The van der Waals surface area contributed by atoms with Crippen LogP contribution >= 0.6 is 0 Å². The maximum Gasteiger partial charge on any atom is 0.0779 e. The maximum atomic E-state index is 3.56. The Balaban J connectivity index is 2.06. The lowest BCUT2D eigenvalue weighted by molar-refractivity contribution is 0.258. The number of nitrogens with one attached hydrogen (secondary N) is 2. The van der Waals surface area contributed by atoms with E-state index in [1.807, 2.05) is 0 Å². The fourth-order valence-electron chi connectivity index (χ4n) is 0.931. The Kier molecular flexibility index (Phi) is 1.53. The van der Waals surface area contributed by atoms with E-state index in [1.54, 1.807) is 6.20 Å². The molecule has 1 fully saturated rings. The second kappa shape index (κ2) is 2.18. The first-order valence-corrected chi connectivity index (χ1v) is 2.96. The van der Waals surface area contributed by atoms with Crippen LogP contribution in [-0.2, 0) is 0 Å². The highest BCUT2D eigenvalue weighted by molar-refractivity contribution is 4.86. The first kappa shape index (κ1) is 5.63. The molecule has 8 heavy (non-hydrogen) atoms. The van der Waals surface area contributed by atoms with Gasteiger partial charge in [0.05, 0.1) is 6.17 Å². The van der Waals surface area contributed by atoms with Gasteiger partial charge in [-0.05, 0) is 19.5 Å². The summed E-state index contributed by atoms with van der Waals surface area (Å²) in [5.74, 6) is 0. The van der Waals surface area contributed by atoms with Crippen LogP contribution in [0.5, 0.6) is 0 Å². The summed E-state index contributed by atoms with van der Waals surface area (Å²) >= 11 is 0. The third kappa shape index (κ3) is 1.01. The van der Waals surface area contributed by atoms with Gasteiger partial charge >= 0.3 is 0 Å². The zero-order valence-corrected chi connectivity index (χ0v) is 5.15. The van der Waals surface area contributed by atoms with Gasteiger partial charge in [0.25, 0.3) is 0 Å². The van der Waals surface area contributed by atoms with E-state index in [1.165, 1.54) is 6.42 Å². The van der Waals surface area contributed by atoms with Gasteiger partial charge in [0.2, 0.25) is 0 Å². The quantitative estimate of drug-likeness (QED) is 0.541. The molecule has 1 heterocycles. The number of rotatable bonds is 2. The predicted octanol–water partition coefficient (Wildman–Crippen LogP) is 0.427. The van der Waals surface area contributed by atoms with Gasteiger partial charge in [-0.25, -0.2) is 0 Å². The minimum atomic E-state index is 0.488. The minimum absolute atomic E-state index is 0.488. The van der Waals surface area contributed by atoms with Crippen LogP contribution in [0.25, 0.3) is 0 Å². The SMILES string of the molecule is C=CNC1C[C@@H](C)N1. The Morgan fingerprint density at radius 1 is 1.88 bits per heavy atom. The molecule has 0 aromatic heterocycles. The van der Waals surface area contributed by atoms with Gasteiger partial charge in [-0.1, -0.05) is 6.58 Å². The fraction of sp³-hybridized carbons (Fsp3) is 0.667. The summed E-state index contributed by atoms with van der Waals surface area (Å²) in [5.41, 5.74) is 0. The van der Waals surface area contributed by atoms with E-state index in [9.17, 15) is 0 Å². The lowest BCUT2D eigenvalue weighted by Gasteiger charge is -2.34. The van der Waals surface area contributed by atoms with Gasteiger partial charge in [-0.3, -0.25) is 5.32 Å². The third-order valence-corrected chi connectivity index (χ3v) is 1.39. The highest BCUT2D eigenvalue weighted by atomic mass is 15.2. The Morgan fingerprint density at radius 3 is 2.88 bits per heavy atom. The van der Waals surface area contributed by atoms with Crippen molar-refractivity contribution in [1.29, 1.82) is 0 Å². The Hall–Kier alpha value is -0.500. The molecule has 2 nitrogen and oxygen atoms in total. The molecule has 1 rings (SSSR count). The summed E-state index contributed by atoms with van der Waals surface area (Å²) in [6.45, 7) is 5.72. The van der Waals surface area contributed by atoms with E-state index in [-0.39, 0.29) is 0 Å². The van der Waals surface area contributed by atoms with Crippen LogP contribution in [0.4, 0.5) is 0 Å². The molecule has 0 amide bonds. The molecule has 2 heteroatoms. The van der Waals surface area contributed by atoms with E-state index in [0.29, 0.717) is 12.2 Å². The molecule has 0 aromatic rings. The first-order chi connectivity index (χ1) is 3.83.